The van der Waals surface area contributed by atoms with E-state index in [4.69, 9.17) is 16.3 Å². The smallest absolute Gasteiger partial charge is 0.119 e. The summed E-state index contributed by atoms with van der Waals surface area (Å²) in [5.41, 5.74) is 0. The van der Waals surface area contributed by atoms with Gasteiger partial charge in [-0.3, -0.25) is 0 Å². The van der Waals surface area contributed by atoms with Gasteiger partial charge in [-0.2, -0.15) is 0 Å². The van der Waals surface area contributed by atoms with Gasteiger partial charge in [0.2, 0.25) is 0 Å². The molecule has 2 nitrogen and oxygen atoms in total. The first-order chi connectivity index (χ1) is 8.84. The van der Waals surface area contributed by atoms with Crippen molar-refractivity contribution in [1.29, 1.82) is 0 Å². The predicted molar refractivity (Wildman–Crippen MR) is 76.4 cm³/mol. The van der Waals surface area contributed by atoms with Gasteiger partial charge in [0, 0.05) is 11.6 Å². The van der Waals surface area contributed by atoms with Gasteiger partial charge in [0.05, 0.1) is 0 Å². The first-order valence-electron chi connectivity index (χ1n) is 6.94. The third-order valence-electron chi connectivity index (χ3n) is 3.52. The highest BCUT2D eigenvalue weighted by Gasteiger charge is 2.12. The molecule has 2 rings (SSSR count). The first kappa shape index (κ1) is 13.7. The normalized spacial score (nSPS) is 16.7. The molecule has 1 aromatic rings. The Morgan fingerprint density at radius 3 is 2.56 bits per heavy atom. The van der Waals surface area contributed by atoms with E-state index >= 15 is 0 Å². The molecule has 0 unspecified atom stereocenters. The van der Waals surface area contributed by atoms with Gasteiger partial charge in [-0.25, -0.2) is 0 Å². The highest BCUT2D eigenvalue weighted by atomic mass is 35.5. The minimum atomic E-state index is 0.717. The van der Waals surface area contributed by atoms with Crippen LogP contribution in [0.3, 0.4) is 0 Å². The lowest BCUT2D eigenvalue weighted by molar-refractivity contribution is 0.294. The van der Waals surface area contributed by atoms with Crippen molar-refractivity contribution in [3.8, 4) is 5.75 Å². The number of ether oxygens (including phenoxy) is 1. The zero-order valence-electron chi connectivity index (χ0n) is 10.8. The van der Waals surface area contributed by atoms with Crippen LogP contribution in [0.2, 0.25) is 5.02 Å². The fourth-order valence-corrected chi connectivity index (χ4v) is 2.60. The van der Waals surface area contributed by atoms with Crippen LogP contribution >= 0.6 is 11.6 Å². The van der Waals surface area contributed by atoms with Crippen molar-refractivity contribution in [2.24, 2.45) is 5.92 Å². The van der Waals surface area contributed by atoms with Crippen molar-refractivity contribution >= 4 is 11.6 Å². The molecule has 0 bridgehead atoms. The summed E-state index contributed by atoms with van der Waals surface area (Å²) in [5, 5.41) is 4.23. The standard InChI is InChI=1S/C15H22ClNO/c16-14-6-8-15(9-7-14)18-11-10-17-12-13-4-2-1-3-5-13/h6-9,13,17H,1-5,10-12H2. The fraction of sp³-hybridized carbons (Fsp3) is 0.600. The second kappa shape index (κ2) is 7.65. The van der Waals surface area contributed by atoms with Crippen molar-refractivity contribution in [3.63, 3.8) is 0 Å². The van der Waals surface area contributed by atoms with E-state index in [0.29, 0.717) is 6.61 Å². The number of nitrogens with one attached hydrogen (secondary N) is 1. The van der Waals surface area contributed by atoms with Crippen molar-refractivity contribution in [2.75, 3.05) is 19.7 Å². The van der Waals surface area contributed by atoms with E-state index in [1.807, 2.05) is 24.3 Å². The van der Waals surface area contributed by atoms with Gasteiger partial charge in [-0.1, -0.05) is 30.9 Å². The molecule has 0 spiro atoms. The Bertz CT molecular complexity index is 333. The summed E-state index contributed by atoms with van der Waals surface area (Å²) in [6.45, 7) is 2.78. The molecule has 1 aliphatic rings. The first-order valence-corrected chi connectivity index (χ1v) is 7.31. The average Bonchev–Trinajstić information content (AvgIpc) is 2.42. The number of halogens is 1. The quantitative estimate of drug-likeness (QED) is 0.790. The summed E-state index contributed by atoms with van der Waals surface area (Å²) in [7, 11) is 0. The SMILES string of the molecule is Clc1ccc(OCCNCC2CCCCC2)cc1. The van der Waals surface area contributed by atoms with E-state index in [0.717, 1.165) is 29.8 Å². The zero-order valence-corrected chi connectivity index (χ0v) is 11.6. The molecular weight excluding hydrogens is 246 g/mol. The summed E-state index contributed by atoms with van der Waals surface area (Å²) < 4.78 is 5.63. The zero-order chi connectivity index (χ0) is 12.6. The number of hydrogen-bond donors (Lipinski definition) is 1. The Morgan fingerprint density at radius 1 is 1.11 bits per heavy atom. The summed E-state index contributed by atoms with van der Waals surface area (Å²) in [5.74, 6) is 1.77. The van der Waals surface area contributed by atoms with Gasteiger partial charge >= 0.3 is 0 Å². The van der Waals surface area contributed by atoms with Gasteiger partial charge < -0.3 is 10.1 Å². The maximum atomic E-state index is 5.81. The van der Waals surface area contributed by atoms with Gasteiger partial charge in [0.15, 0.2) is 0 Å². The molecule has 100 valence electrons. The largest absolute Gasteiger partial charge is 0.492 e. The van der Waals surface area contributed by atoms with Crippen LogP contribution in [0, 0.1) is 5.92 Å². The third kappa shape index (κ3) is 4.87. The molecular formula is C15H22ClNO. The van der Waals surface area contributed by atoms with E-state index in [9.17, 15) is 0 Å². The second-order valence-corrected chi connectivity index (χ2v) is 5.45. The molecule has 1 saturated carbocycles. The fourth-order valence-electron chi connectivity index (χ4n) is 2.47. The summed E-state index contributed by atoms with van der Waals surface area (Å²) in [6, 6.07) is 7.52. The van der Waals surface area contributed by atoms with Gasteiger partial charge in [-0.15, -0.1) is 0 Å². The average molecular weight is 268 g/mol. The molecule has 1 aliphatic carbocycles. The molecule has 0 atom stereocenters. The van der Waals surface area contributed by atoms with Crippen LogP contribution in [0.4, 0.5) is 0 Å². The minimum Gasteiger partial charge on any atom is -0.492 e. The Hall–Kier alpha value is -0.730. The summed E-state index contributed by atoms with van der Waals surface area (Å²) >= 11 is 5.81. The van der Waals surface area contributed by atoms with Crippen LogP contribution in [0.1, 0.15) is 32.1 Å². The van der Waals surface area contributed by atoms with E-state index in [1.54, 1.807) is 0 Å². The molecule has 1 N–H and O–H groups in total. The van der Waals surface area contributed by atoms with E-state index in [-0.39, 0.29) is 0 Å². The monoisotopic (exact) mass is 267 g/mol. The number of benzene rings is 1. The van der Waals surface area contributed by atoms with Crippen molar-refractivity contribution in [1.82, 2.24) is 5.32 Å². The molecule has 3 heteroatoms. The Balaban J connectivity index is 1.54. The lowest BCUT2D eigenvalue weighted by atomic mass is 9.89. The van der Waals surface area contributed by atoms with Crippen molar-refractivity contribution in [3.05, 3.63) is 29.3 Å². The van der Waals surface area contributed by atoms with Crippen molar-refractivity contribution in [2.45, 2.75) is 32.1 Å². The van der Waals surface area contributed by atoms with Crippen LogP contribution < -0.4 is 10.1 Å². The van der Waals surface area contributed by atoms with Crippen LogP contribution in [0.25, 0.3) is 0 Å². The Morgan fingerprint density at radius 2 is 1.83 bits per heavy atom. The number of rotatable bonds is 6. The highest BCUT2D eigenvalue weighted by molar-refractivity contribution is 6.30. The summed E-state index contributed by atoms with van der Waals surface area (Å²) in [4.78, 5) is 0. The molecule has 1 fully saturated rings. The lowest BCUT2D eigenvalue weighted by Crippen LogP contribution is -2.28. The molecule has 0 amide bonds. The molecule has 0 radical (unpaired) electrons. The maximum absolute atomic E-state index is 5.81. The molecule has 0 aromatic heterocycles. The van der Waals surface area contributed by atoms with E-state index < -0.39 is 0 Å². The maximum Gasteiger partial charge on any atom is 0.119 e. The van der Waals surface area contributed by atoms with Crippen LogP contribution in [0.5, 0.6) is 5.75 Å². The predicted octanol–water partition coefficient (Wildman–Crippen LogP) is 3.89. The van der Waals surface area contributed by atoms with Gasteiger partial charge in [0.25, 0.3) is 0 Å². The van der Waals surface area contributed by atoms with E-state index in [2.05, 4.69) is 5.32 Å². The Kier molecular flexibility index (Phi) is 5.82. The number of hydrogen-bond acceptors (Lipinski definition) is 2. The minimum absolute atomic E-state index is 0.717. The highest BCUT2D eigenvalue weighted by Crippen LogP contribution is 2.22. The molecule has 0 saturated heterocycles. The van der Waals surface area contributed by atoms with Crippen LogP contribution in [-0.2, 0) is 0 Å². The van der Waals surface area contributed by atoms with Crippen LogP contribution in [-0.4, -0.2) is 19.7 Å². The molecule has 18 heavy (non-hydrogen) atoms. The topological polar surface area (TPSA) is 21.3 Å². The second-order valence-electron chi connectivity index (χ2n) is 5.01. The van der Waals surface area contributed by atoms with Gasteiger partial charge in [-0.05, 0) is 49.6 Å². The van der Waals surface area contributed by atoms with Gasteiger partial charge in [0.1, 0.15) is 12.4 Å². The van der Waals surface area contributed by atoms with Crippen molar-refractivity contribution < 1.29 is 4.74 Å². The molecule has 0 heterocycles. The molecule has 0 aliphatic heterocycles. The lowest BCUT2D eigenvalue weighted by Gasteiger charge is -2.21. The molecule has 1 aromatic carbocycles. The van der Waals surface area contributed by atoms with E-state index in [1.165, 1.54) is 32.1 Å². The third-order valence-corrected chi connectivity index (χ3v) is 3.77. The van der Waals surface area contributed by atoms with Crippen LogP contribution in [0.15, 0.2) is 24.3 Å². The Labute approximate surface area is 115 Å². The summed E-state index contributed by atoms with van der Waals surface area (Å²) in [6.07, 6.45) is 7.04.